The van der Waals surface area contributed by atoms with E-state index in [-0.39, 0.29) is 6.04 Å². The van der Waals surface area contributed by atoms with Gasteiger partial charge in [-0.05, 0) is 50.2 Å². The highest BCUT2D eigenvalue weighted by Gasteiger charge is 2.20. The molecule has 1 saturated carbocycles. The number of fused-ring (bicyclic) bond motifs is 1. The number of thiophene rings is 1. The Morgan fingerprint density at radius 2 is 1.84 bits per heavy atom. The van der Waals surface area contributed by atoms with Crippen molar-refractivity contribution in [3.63, 3.8) is 0 Å². The zero-order valence-corrected chi connectivity index (χ0v) is 15.1. The highest BCUT2D eigenvalue weighted by Crippen LogP contribution is 2.29. The van der Waals surface area contributed by atoms with Gasteiger partial charge in [0.25, 0.3) is 5.91 Å². The Morgan fingerprint density at radius 3 is 2.64 bits per heavy atom. The van der Waals surface area contributed by atoms with Crippen molar-refractivity contribution in [1.82, 2.24) is 10.6 Å². The van der Waals surface area contributed by atoms with Crippen LogP contribution in [0.5, 0.6) is 0 Å². The second-order valence-electron chi connectivity index (χ2n) is 6.70. The van der Waals surface area contributed by atoms with Crippen molar-refractivity contribution in [2.24, 2.45) is 0 Å². The second kappa shape index (κ2) is 8.47. The van der Waals surface area contributed by atoms with Crippen LogP contribution in [0.15, 0.2) is 6.07 Å². The van der Waals surface area contributed by atoms with Crippen LogP contribution in [0.2, 0.25) is 0 Å². The largest absolute Gasteiger partial charge is 0.451 e. The van der Waals surface area contributed by atoms with Gasteiger partial charge in [-0.25, -0.2) is 9.59 Å². The van der Waals surface area contributed by atoms with Gasteiger partial charge in [-0.2, -0.15) is 0 Å². The Labute approximate surface area is 151 Å². The van der Waals surface area contributed by atoms with Gasteiger partial charge in [0.15, 0.2) is 6.61 Å². The van der Waals surface area contributed by atoms with Crippen molar-refractivity contribution in [2.75, 3.05) is 6.61 Å². The Morgan fingerprint density at radius 1 is 1.08 bits per heavy atom. The average Bonchev–Trinajstić information content (AvgIpc) is 3.18. The van der Waals surface area contributed by atoms with Crippen LogP contribution < -0.4 is 10.6 Å². The van der Waals surface area contributed by atoms with Crippen molar-refractivity contribution in [3.8, 4) is 0 Å². The van der Waals surface area contributed by atoms with E-state index in [0.717, 1.165) is 51.4 Å². The van der Waals surface area contributed by atoms with Crippen LogP contribution in [0.1, 0.15) is 65.1 Å². The van der Waals surface area contributed by atoms with E-state index in [4.69, 9.17) is 4.74 Å². The third kappa shape index (κ3) is 5.04. The molecule has 0 radical (unpaired) electrons. The summed E-state index contributed by atoms with van der Waals surface area (Å²) in [5, 5.41) is 4.97. The maximum absolute atomic E-state index is 12.1. The van der Waals surface area contributed by atoms with E-state index in [9.17, 15) is 14.4 Å². The lowest BCUT2D eigenvalue weighted by Gasteiger charge is -2.12. The summed E-state index contributed by atoms with van der Waals surface area (Å²) < 4.78 is 5.05. The third-order valence-electron chi connectivity index (χ3n) is 4.73. The number of ether oxygens (including phenoxy) is 1. The van der Waals surface area contributed by atoms with E-state index in [1.54, 1.807) is 0 Å². The predicted octanol–water partition coefficient (Wildman–Crippen LogP) is 2.94. The van der Waals surface area contributed by atoms with Crippen LogP contribution in [-0.2, 0) is 22.4 Å². The molecule has 1 aromatic rings. The molecule has 0 unspecified atom stereocenters. The quantitative estimate of drug-likeness (QED) is 0.635. The molecule has 2 aliphatic rings. The smallest absolute Gasteiger partial charge is 0.348 e. The van der Waals surface area contributed by atoms with Gasteiger partial charge in [-0.15, -0.1) is 11.3 Å². The van der Waals surface area contributed by atoms with Gasteiger partial charge in [-0.1, -0.05) is 19.3 Å². The van der Waals surface area contributed by atoms with Crippen LogP contribution in [0, 0.1) is 0 Å². The zero-order chi connectivity index (χ0) is 17.6. The minimum Gasteiger partial charge on any atom is -0.451 e. The van der Waals surface area contributed by atoms with E-state index < -0.39 is 24.5 Å². The fourth-order valence-corrected chi connectivity index (χ4v) is 4.57. The molecule has 3 amide bonds. The number of esters is 1. The molecular formula is C18H24N2O4S. The first-order valence-electron chi connectivity index (χ1n) is 9.01. The second-order valence-corrected chi connectivity index (χ2v) is 7.84. The fraction of sp³-hybridized carbons (Fsp3) is 0.611. The molecule has 6 nitrogen and oxygen atoms in total. The highest BCUT2D eigenvalue weighted by atomic mass is 32.1. The minimum atomic E-state index is -0.609. The number of imide groups is 1. The van der Waals surface area contributed by atoms with E-state index in [0.29, 0.717) is 4.88 Å². The number of nitrogens with one attached hydrogen (secondary N) is 2. The van der Waals surface area contributed by atoms with Gasteiger partial charge in [0.2, 0.25) is 0 Å². The highest BCUT2D eigenvalue weighted by molar-refractivity contribution is 7.14. The molecule has 1 aromatic heterocycles. The molecule has 0 aliphatic heterocycles. The molecule has 0 saturated heterocycles. The fourth-order valence-electron chi connectivity index (χ4n) is 3.42. The van der Waals surface area contributed by atoms with Crippen molar-refractivity contribution >= 4 is 29.2 Å². The first-order chi connectivity index (χ1) is 12.1. The Hall–Kier alpha value is -1.89. The van der Waals surface area contributed by atoms with E-state index in [1.807, 2.05) is 6.07 Å². The van der Waals surface area contributed by atoms with Crippen molar-refractivity contribution in [2.45, 2.75) is 63.8 Å². The lowest BCUT2D eigenvalue weighted by Crippen LogP contribution is -2.44. The molecule has 7 heteroatoms. The monoisotopic (exact) mass is 364 g/mol. The summed E-state index contributed by atoms with van der Waals surface area (Å²) in [4.78, 5) is 37.4. The third-order valence-corrected chi connectivity index (χ3v) is 5.94. The van der Waals surface area contributed by atoms with Gasteiger partial charge in [0.05, 0.1) is 0 Å². The molecule has 2 N–H and O–H groups in total. The van der Waals surface area contributed by atoms with Crippen LogP contribution in [0.4, 0.5) is 4.79 Å². The molecule has 1 fully saturated rings. The SMILES string of the molecule is O=C(COC(=O)c1cc2c(s1)CCCCC2)NC(=O)NC1CCCC1. The summed E-state index contributed by atoms with van der Waals surface area (Å²) in [7, 11) is 0. The minimum absolute atomic E-state index is 0.136. The number of aryl methyl sites for hydroxylation is 2. The summed E-state index contributed by atoms with van der Waals surface area (Å²) in [5.74, 6) is -1.11. The maximum Gasteiger partial charge on any atom is 0.348 e. The molecule has 25 heavy (non-hydrogen) atoms. The molecule has 0 atom stereocenters. The first-order valence-corrected chi connectivity index (χ1v) is 9.82. The van der Waals surface area contributed by atoms with E-state index >= 15 is 0 Å². The Kier molecular flexibility index (Phi) is 6.07. The van der Waals surface area contributed by atoms with Gasteiger partial charge in [-0.3, -0.25) is 10.1 Å². The number of carbonyl (C=O) groups is 3. The number of carbonyl (C=O) groups excluding carboxylic acids is 3. The van der Waals surface area contributed by atoms with Crippen LogP contribution in [0.25, 0.3) is 0 Å². The zero-order valence-electron chi connectivity index (χ0n) is 14.3. The van der Waals surface area contributed by atoms with Gasteiger partial charge in [0, 0.05) is 10.9 Å². The predicted molar refractivity (Wildman–Crippen MR) is 94.8 cm³/mol. The number of amides is 3. The molecule has 0 bridgehead atoms. The first kappa shape index (κ1) is 17.9. The molecule has 2 aliphatic carbocycles. The molecule has 0 aromatic carbocycles. The summed E-state index contributed by atoms with van der Waals surface area (Å²) >= 11 is 1.46. The topological polar surface area (TPSA) is 84.5 Å². The molecule has 136 valence electrons. The average molecular weight is 364 g/mol. The van der Waals surface area contributed by atoms with Gasteiger partial charge in [0.1, 0.15) is 4.88 Å². The maximum atomic E-state index is 12.1. The molecular weight excluding hydrogens is 340 g/mol. The Bertz CT molecular complexity index is 626. The number of rotatable bonds is 4. The standard InChI is InChI=1S/C18H24N2O4S/c21-16(20-18(23)19-13-7-4-5-8-13)11-24-17(22)15-10-12-6-2-1-3-9-14(12)25-15/h10,13H,1-9,11H2,(H2,19,20,21,23). The van der Waals surface area contributed by atoms with Crippen LogP contribution >= 0.6 is 11.3 Å². The van der Waals surface area contributed by atoms with Gasteiger partial charge < -0.3 is 10.1 Å². The summed E-state index contributed by atoms with van der Waals surface area (Å²) in [6, 6.07) is 1.51. The van der Waals surface area contributed by atoms with Crippen molar-refractivity contribution in [3.05, 3.63) is 21.4 Å². The summed E-state index contributed by atoms with van der Waals surface area (Å²) in [5.41, 5.74) is 1.23. The molecule has 0 spiro atoms. The Balaban J connectivity index is 1.43. The summed E-state index contributed by atoms with van der Waals surface area (Å²) in [6.07, 6.45) is 9.62. The number of hydrogen-bond donors (Lipinski definition) is 2. The number of hydrogen-bond acceptors (Lipinski definition) is 5. The molecule has 3 rings (SSSR count). The van der Waals surface area contributed by atoms with E-state index in [1.165, 1.54) is 28.2 Å². The van der Waals surface area contributed by atoms with Crippen LogP contribution in [0.3, 0.4) is 0 Å². The normalized spacial score (nSPS) is 17.4. The van der Waals surface area contributed by atoms with E-state index in [2.05, 4.69) is 10.6 Å². The summed E-state index contributed by atoms with van der Waals surface area (Å²) in [6.45, 7) is -0.445. The van der Waals surface area contributed by atoms with Crippen molar-refractivity contribution in [1.29, 1.82) is 0 Å². The lowest BCUT2D eigenvalue weighted by atomic mass is 10.1. The number of urea groups is 1. The van der Waals surface area contributed by atoms with Gasteiger partial charge >= 0.3 is 12.0 Å². The molecule has 1 heterocycles. The van der Waals surface area contributed by atoms with Crippen molar-refractivity contribution < 1.29 is 19.1 Å². The van der Waals surface area contributed by atoms with Crippen LogP contribution in [-0.4, -0.2) is 30.6 Å². The lowest BCUT2D eigenvalue weighted by molar-refractivity contribution is -0.123.